The summed E-state index contributed by atoms with van der Waals surface area (Å²) in [5.41, 5.74) is 35.3. The average Bonchev–Trinajstić information content (AvgIpc) is 1.71. The van der Waals surface area contributed by atoms with Gasteiger partial charge in [0.25, 0.3) is 0 Å². The predicted molar refractivity (Wildman–Crippen MR) is 547 cm³/mol. The third kappa shape index (κ3) is 12.9. The maximum Gasteiger partial charge on any atom is 0.0159 e. The van der Waals surface area contributed by atoms with E-state index in [1.54, 1.807) is 0 Å². The Morgan fingerprint density at radius 2 is 0.370 bits per heavy atom. The fourth-order valence-electron chi connectivity index (χ4n) is 21.7. The Morgan fingerprint density at radius 1 is 0.134 bits per heavy atom. The largest absolute Gasteiger partial charge is 0.0619 e. The Balaban J connectivity index is 0.000000110. The summed E-state index contributed by atoms with van der Waals surface area (Å²) in [5, 5.41) is 25.7. The van der Waals surface area contributed by atoms with Gasteiger partial charge < -0.3 is 0 Å². The SMILES string of the molecule is Cc1ccc2c(-c3ccc(-c4cccc5ccccc45)cc3)c3ccccc3c(-c3ccc(-c4cccc5ccccc45)cc3)c2c1.Cc1ccc2c(-c3ccc4c(c3)C(C)(C)c3ccccc3-4)c3ccccc3c(-c3ccc4c(c3)C(C)(C)c3ccccc3-4)c2c1.Cc1ccc2c(-c3ccc4ccccc4c3)c3ccccc3c(-c3ccc4ccccc4c3)c2c1. The van der Waals surface area contributed by atoms with Gasteiger partial charge in [0.05, 0.1) is 0 Å². The molecule has 0 saturated carbocycles. The minimum Gasteiger partial charge on any atom is -0.0619 e. The van der Waals surface area contributed by atoms with Crippen LogP contribution in [0, 0.1) is 20.8 Å². The normalized spacial score (nSPS) is 12.8. The van der Waals surface area contributed by atoms with Gasteiger partial charge in [0, 0.05) is 10.8 Å². The van der Waals surface area contributed by atoms with Gasteiger partial charge in [-0.3, -0.25) is 0 Å². The lowest BCUT2D eigenvalue weighted by Gasteiger charge is -2.24. The Kier molecular flexibility index (Phi) is 18.4. The van der Waals surface area contributed by atoms with E-state index in [0.717, 1.165) is 0 Å². The summed E-state index contributed by atoms with van der Waals surface area (Å²) in [6, 6.07) is 160. The van der Waals surface area contributed by atoms with Crippen molar-refractivity contribution >= 4 is 108 Å². The molecule has 0 saturated heterocycles. The van der Waals surface area contributed by atoms with E-state index >= 15 is 0 Å². The molecular weight excluding hydrogens is 1530 g/mol. The monoisotopic (exact) mass is 1620 g/mol. The van der Waals surface area contributed by atoms with E-state index in [-0.39, 0.29) is 10.8 Å². The number of fused-ring (bicyclic) bond motifs is 16. The van der Waals surface area contributed by atoms with Crippen LogP contribution in [0.1, 0.15) is 66.6 Å². The van der Waals surface area contributed by atoms with Gasteiger partial charge in [-0.05, 0) is 286 Å². The molecule has 2 aliphatic carbocycles. The van der Waals surface area contributed by atoms with Gasteiger partial charge >= 0.3 is 0 Å². The van der Waals surface area contributed by atoms with Crippen molar-refractivity contribution in [1.82, 2.24) is 0 Å². The maximum absolute atomic E-state index is 2.48. The van der Waals surface area contributed by atoms with Crippen LogP contribution in [-0.4, -0.2) is 0 Å². The van der Waals surface area contributed by atoms with E-state index in [0.29, 0.717) is 0 Å². The molecule has 0 amide bonds. The minimum atomic E-state index is -0.0435. The number of hydrogen-bond acceptors (Lipinski definition) is 0. The van der Waals surface area contributed by atoms with Crippen molar-refractivity contribution in [2.24, 2.45) is 0 Å². The zero-order valence-electron chi connectivity index (χ0n) is 72.5. The second-order valence-corrected chi connectivity index (χ2v) is 36.2. The van der Waals surface area contributed by atoms with Crippen LogP contribution in [-0.2, 0) is 10.8 Å². The van der Waals surface area contributed by atoms with E-state index in [2.05, 4.69) is 479 Å². The topological polar surface area (TPSA) is 0 Å². The molecule has 0 spiro atoms. The first-order chi connectivity index (χ1) is 62.2. The number of hydrogen-bond donors (Lipinski definition) is 0. The standard InChI is InChI=1S/C47H32.C45H36.C35H24/c1-31-20-29-44-45(30-31)47(37-27-23-35(24-28-37)41-19-9-13-33-11-3-5-15-39(33)41)43-17-7-6-16-42(43)46(44)36-25-21-34(22-26-36)40-18-8-12-32-10-2-4-14-38(32)40;1-27-18-21-36-37(24-27)43(29-20-23-33-31-13-9-11-17-39(31)45(4,5)41(33)26-29)35-15-7-6-14-34(35)42(36)28-19-22-32-30-12-8-10-16-38(30)44(2,3)40(32)25-28;1-23-14-19-32-33(20-23)35(29-18-16-25-9-3-5-11-27(25)22-29)31-13-7-6-12-30(31)34(32)28-17-15-24-8-2-4-10-26(24)21-28/h2-30H,1H3;6-26H,1-5H3;2-22H,1H3. The molecule has 0 unspecified atom stereocenters. The molecule has 0 bridgehead atoms. The number of benzene rings is 23. The smallest absolute Gasteiger partial charge is 0.0159 e. The molecule has 0 atom stereocenters. The van der Waals surface area contributed by atoms with Crippen molar-refractivity contribution in [2.45, 2.75) is 59.3 Å². The zero-order chi connectivity index (χ0) is 85.3. The fraction of sp³-hybridized carbons (Fsp3) is 0.0709. The molecule has 23 aromatic rings. The molecule has 0 nitrogen and oxygen atoms in total. The molecule has 25 rings (SSSR count). The highest BCUT2D eigenvalue weighted by atomic mass is 14.4. The van der Waals surface area contributed by atoms with Crippen LogP contribution in [0.15, 0.2) is 431 Å². The van der Waals surface area contributed by atoms with E-state index in [1.807, 2.05) is 0 Å². The first-order valence-corrected chi connectivity index (χ1v) is 44.7. The third-order valence-electron chi connectivity index (χ3n) is 27.9. The van der Waals surface area contributed by atoms with Gasteiger partial charge in [0.2, 0.25) is 0 Å². The highest BCUT2D eigenvalue weighted by molar-refractivity contribution is 6.25. The van der Waals surface area contributed by atoms with Crippen molar-refractivity contribution < 1.29 is 0 Å². The molecule has 600 valence electrons. The lowest BCUT2D eigenvalue weighted by Crippen LogP contribution is -2.15. The van der Waals surface area contributed by atoms with Crippen LogP contribution in [0.3, 0.4) is 0 Å². The van der Waals surface area contributed by atoms with E-state index in [9.17, 15) is 0 Å². The van der Waals surface area contributed by atoms with E-state index in [1.165, 1.54) is 258 Å². The van der Waals surface area contributed by atoms with Crippen molar-refractivity contribution in [3.05, 3.63) is 470 Å². The van der Waals surface area contributed by atoms with E-state index < -0.39 is 0 Å². The molecule has 0 N–H and O–H groups in total. The maximum atomic E-state index is 2.48. The molecule has 23 aromatic carbocycles. The molecule has 0 heterocycles. The minimum absolute atomic E-state index is 0.0428. The highest BCUT2D eigenvalue weighted by Crippen LogP contribution is 2.55. The van der Waals surface area contributed by atoms with Crippen LogP contribution in [0.25, 0.3) is 219 Å². The lowest BCUT2D eigenvalue weighted by molar-refractivity contribution is 0.660. The van der Waals surface area contributed by atoms with Gasteiger partial charge in [0.15, 0.2) is 0 Å². The van der Waals surface area contributed by atoms with Crippen LogP contribution in [0.2, 0.25) is 0 Å². The Hall–Kier alpha value is -15.3. The summed E-state index contributed by atoms with van der Waals surface area (Å²) >= 11 is 0. The van der Waals surface area contributed by atoms with Gasteiger partial charge in [0.1, 0.15) is 0 Å². The zero-order valence-corrected chi connectivity index (χ0v) is 72.5. The second kappa shape index (κ2) is 30.6. The van der Waals surface area contributed by atoms with Crippen molar-refractivity contribution in [3.63, 3.8) is 0 Å². The van der Waals surface area contributed by atoms with E-state index in [4.69, 9.17) is 0 Å². The number of rotatable bonds is 8. The summed E-state index contributed by atoms with van der Waals surface area (Å²) < 4.78 is 0. The van der Waals surface area contributed by atoms with Crippen molar-refractivity contribution in [3.8, 4) is 111 Å². The lowest BCUT2D eigenvalue weighted by atomic mass is 9.79. The van der Waals surface area contributed by atoms with Gasteiger partial charge in [-0.2, -0.15) is 0 Å². The summed E-state index contributed by atoms with van der Waals surface area (Å²) in [7, 11) is 0. The molecule has 0 aliphatic heterocycles. The second-order valence-electron chi connectivity index (χ2n) is 36.2. The van der Waals surface area contributed by atoms with Crippen LogP contribution >= 0.6 is 0 Å². The summed E-state index contributed by atoms with van der Waals surface area (Å²) in [6.07, 6.45) is 0. The average molecular weight is 1620 g/mol. The molecular formula is C127H92. The molecule has 0 aromatic heterocycles. The van der Waals surface area contributed by atoms with Crippen LogP contribution in [0.4, 0.5) is 0 Å². The predicted octanol–water partition coefficient (Wildman–Crippen LogP) is 35.5. The summed E-state index contributed by atoms with van der Waals surface area (Å²) in [4.78, 5) is 0. The fourth-order valence-corrected chi connectivity index (χ4v) is 21.7. The van der Waals surface area contributed by atoms with Crippen LogP contribution in [0.5, 0.6) is 0 Å². The Morgan fingerprint density at radius 3 is 0.740 bits per heavy atom. The van der Waals surface area contributed by atoms with Crippen molar-refractivity contribution in [2.75, 3.05) is 0 Å². The Labute approximate surface area is 742 Å². The van der Waals surface area contributed by atoms with Crippen LogP contribution < -0.4 is 0 Å². The first-order valence-electron chi connectivity index (χ1n) is 44.7. The molecule has 2 aliphatic rings. The van der Waals surface area contributed by atoms with Crippen molar-refractivity contribution in [1.29, 1.82) is 0 Å². The summed E-state index contributed by atoms with van der Waals surface area (Å²) in [5.74, 6) is 0. The summed E-state index contributed by atoms with van der Waals surface area (Å²) in [6.45, 7) is 16.1. The van der Waals surface area contributed by atoms with Gasteiger partial charge in [-0.1, -0.05) is 451 Å². The molecule has 127 heavy (non-hydrogen) atoms. The first kappa shape index (κ1) is 76.5. The quantitative estimate of drug-likeness (QED) is 0.133. The Bertz CT molecular complexity index is 8440. The highest BCUT2D eigenvalue weighted by Gasteiger charge is 2.38. The van der Waals surface area contributed by atoms with Gasteiger partial charge in [-0.15, -0.1) is 0 Å². The molecule has 0 radical (unpaired) electrons. The van der Waals surface area contributed by atoms with Gasteiger partial charge in [-0.25, -0.2) is 0 Å². The molecule has 0 fully saturated rings. The third-order valence-corrected chi connectivity index (χ3v) is 27.9. The number of aryl methyl sites for hydroxylation is 3. The molecule has 0 heteroatoms.